The second kappa shape index (κ2) is 3.44. The van der Waals surface area contributed by atoms with E-state index in [9.17, 15) is 0 Å². The van der Waals surface area contributed by atoms with Crippen molar-refractivity contribution in [3.05, 3.63) is 71.8 Å². The maximum absolute atomic E-state index is 6.06. The molecule has 1 fully saturated rings. The predicted molar refractivity (Wildman–Crippen MR) is 68.7 cm³/mol. The van der Waals surface area contributed by atoms with Gasteiger partial charge in [-0.25, -0.2) is 0 Å². The molecule has 2 aromatic carbocycles. The van der Waals surface area contributed by atoms with Crippen LogP contribution in [0.5, 0.6) is 0 Å². The van der Waals surface area contributed by atoms with Crippen LogP contribution in [0, 0.1) is 0 Å². The highest BCUT2D eigenvalue weighted by atomic mass is 16.6. The zero-order valence-corrected chi connectivity index (χ0v) is 10.2. The van der Waals surface area contributed by atoms with Gasteiger partial charge in [-0.2, -0.15) is 0 Å². The minimum Gasteiger partial charge on any atom is -0.353 e. The van der Waals surface area contributed by atoms with Crippen LogP contribution in [-0.2, 0) is 15.9 Å². The SMILES string of the molecule is C[C@@]1(c2ccccc2)O[C@@]1(C)c1ccccc1. The Hall–Kier alpha value is -1.60. The van der Waals surface area contributed by atoms with Crippen LogP contribution in [0.25, 0.3) is 0 Å². The Balaban J connectivity index is 2.00. The third-order valence-corrected chi connectivity index (χ3v) is 3.93. The van der Waals surface area contributed by atoms with E-state index in [4.69, 9.17) is 4.74 Å². The predicted octanol–water partition coefficient (Wildman–Crippen LogP) is 3.85. The Bertz CT molecular complexity index is 470. The number of ether oxygens (including phenoxy) is 1. The minimum atomic E-state index is -0.199. The summed E-state index contributed by atoms with van der Waals surface area (Å²) in [4.78, 5) is 0. The van der Waals surface area contributed by atoms with Crippen molar-refractivity contribution in [2.45, 2.75) is 25.0 Å². The number of hydrogen-bond donors (Lipinski definition) is 0. The van der Waals surface area contributed by atoms with Crippen LogP contribution in [0.1, 0.15) is 25.0 Å². The molecule has 0 unspecified atom stereocenters. The van der Waals surface area contributed by atoms with Crippen LogP contribution in [0.15, 0.2) is 60.7 Å². The van der Waals surface area contributed by atoms with Crippen molar-refractivity contribution in [3.8, 4) is 0 Å². The fourth-order valence-corrected chi connectivity index (χ4v) is 2.56. The van der Waals surface area contributed by atoms with Gasteiger partial charge in [-0.1, -0.05) is 60.7 Å². The van der Waals surface area contributed by atoms with Crippen molar-refractivity contribution in [2.24, 2.45) is 0 Å². The van der Waals surface area contributed by atoms with Gasteiger partial charge in [0.15, 0.2) is 0 Å². The van der Waals surface area contributed by atoms with Crippen molar-refractivity contribution < 1.29 is 4.74 Å². The molecule has 0 aliphatic carbocycles. The van der Waals surface area contributed by atoms with Crippen LogP contribution in [-0.4, -0.2) is 0 Å². The van der Waals surface area contributed by atoms with Gasteiger partial charge < -0.3 is 4.74 Å². The summed E-state index contributed by atoms with van der Waals surface area (Å²) in [5.41, 5.74) is 2.09. The zero-order chi connectivity index (χ0) is 11.9. The summed E-state index contributed by atoms with van der Waals surface area (Å²) in [5, 5.41) is 0. The highest BCUT2D eigenvalue weighted by Crippen LogP contribution is 2.61. The summed E-state index contributed by atoms with van der Waals surface area (Å²) in [6, 6.07) is 20.9. The van der Waals surface area contributed by atoms with Crippen molar-refractivity contribution in [2.75, 3.05) is 0 Å². The van der Waals surface area contributed by atoms with E-state index in [2.05, 4.69) is 62.4 Å². The lowest BCUT2D eigenvalue weighted by molar-refractivity contribution is 0.280. The first-order chi connectivity index (χ1) is 8.17. The maximum Gasteiger partial charge on any atom is 0.124 e. The fraction of sp³-hybridized carbons (Fsp3) is 0.250. The third kappa shape index (κ3) is 1.43. The molecule has 0 bridgehead atoms. The first-order valence-electron chi connectivity index (χ1n) is 5.98. The van der Waals surface area contributed by atoms with Crippen LogP contribution in [0.4, 0.5) is 0 Å². The number of rotatable bonds is 2. The molecule has 1 heterocycles. The summed E-state index contributed by atoms with van der Waals surface area (Å²) in [6.07, 6.45) is 0. The molecule has 1 aliphatic rings. The Morgan fingerprint density at radius 2 is 1.00 bits per heavy atom. The highest BCUT2D eigenvalue weighted by Gasteiger charge is 2.65. The molecule has 1 heteroatoms. The van der Waals surface area contributed by atoms with Crippen molar-refractivity contribution in [1.82, 2.24) is 0 Å². The van der Waals surface area contributed by atoms with E-state index < -0.39 is 0 Å². The van der Waals surface area contributed by atoms with E-state index in [1.165, 1.54) is 11.1 Å². The number of epoxide rings is 1. The summed E-state index contributed by atoms with van der Waals surface area (Å²) >= 11 is 0. The Kier molecular flexibility index (Phi) is 2.14. The van der Waals surface area contributed by atoms with Gasteiger partial charge in [0, 0.05) is 0 Å². The van der Waals surface area contributed by atoms with Gasteiger partial charge in [0.05, 0.1) is 0 Å². The van der Waals surface area contributed by atoms with Gasteiger partial charge in [0.1, 0.15) is 11.2 Å². The molecular formula is C16H16O. The van der Waals surface area contributed by atoms with Crippen LogP contribution >= 0.6 is 0 Å². The maximum atomic E-state index is 6.06. The third-order valence-electron chi connectivity index (χ3n) is 3.93. The largest absolute Gasteiger partial charge is 0.353 e. The average Bonchev–Trinajstić information content (AvgIpc) is 2.97. The molecular weight excluding hydrogens is 208 g/mol. The molecule has 2 aromatic rings. The van der Waals surface area contributed by atoms with Crippen molar-refractivity contribution in [3.63, 3.8) is 0 Å². The summed E-state index contributed by atoms with van der Waals surface area (Å²) < 4.78 is 6.06. The van der Waals surface area contributed by atoms with Gasteiger partial charge in [-0.05, 0) is 25.0 Å². The number of hydrogen-bond acceptors (Lipinski definition) is 1. The van der Waals surface area contributed by atoms with Gasteiger partial charge in [-0.15, -0.1) is 0 Å². The molecule has 0 amide bonds. The molecule has 0 radical (unpaired) electrons. The van der Waals surface area contributed by atoms with Gasteiger partial charge in [-0.3, -0.25) is 0 Å². The molecule has 0 spiro atoms. The quantitative estimate of drug-likeness (QED) is 0.706. The standard InChI is InChI=1S/C16H16O/c1-15(13-9-5-3-6-10-13)16(2,17-15)14-11-7-4-8-12-14/h3-12H,1-2H3/t15-,16-/m0/s1. The van der Waals surface area contributed by atoms with Crippen LogP contribution < -0.4 is 0 Å². The van der Waals surface area contributed by atoms with Gasteiger partial charge in [0.2, 0.25) is 0 Å². The lowest BCUT2D eigenvalue weighted by Crippen LogP contribution is -2.15. The lowest BCUT2D eigenvalue weighted by atomic mass is 9.84. The highest BCUT2D eigenvalue weighted by molar-refractivity contribution is 5.39. The Labute approximate surface area is 102 Å². The van der Waals surface area contributed by atoms with E-state index in [1.54, 1.807) is 0 Å². The van der Waals surface area contributed by atoms with E-state index in [0.717, 1.165) is 0 Å². The van der Waals surface area contributed by atoms with E-state index >= 15 is 0 Å². The summed E-state index contributed by atoms with van der Waals surface area (Å²) in [7, 11) is 0. The summed E-state index contributed by atoms with van der Waals surface area (Å²) in [5.74, 6) is 0. The fourth-order valence-electron chi connectivity index (χ4n) is 2.56. The molecule has 2 atom stereocenters. The topological polar surface area (TPSA) is 12.5 Å². The van der Waals surface area contributed by atoms with Crippen molar-refractivity contribution >= 4 is 0 Å². The smallest absolute Gasteiger partial charge is 0.124 e. The van der Waals surface area contributed by atoms with E-state index in [0.29, 0.717) is 0 Å². The average molecular weight is 224 g/mol. The normalized spacial score (nSPS) is 31.2. The molecule has 1 saturated heterocycles. The molecule has 86 valence electrons. The lowest BCUT2D eigenvalue weighted by Gasteiger charge is -2.13. The second-order valence-electron chi connectivity index (χ2n) is 4.90. The van der Waals surface area contributed by atoms with Crippen molar-refractivity contribution in [1.29, 1.82) is 0 Å². The van der Waals surface area contributed by atoms with E-state index in [1.807, 2.05) is 12.1 Å². The molecule has 0 saturated carbocycles. The molecule has 1 nitrogen and oxygen atoms in total. The Morgan fingerprint density at radius 1 is 0.647 bits per heavy atom. The molecule has 0 aromatic heterocycles. The summed E-state index contributed by atoms with van der Waals surface area (Å²) in [6.45, 7) is 4.32. The van der Waals surface area contributed by atoms with Gasteiger partial charge in [0.25, 0.3) is 0 Å². The Morgan fingerprint density at radius 3 is 1.35 bits per heavy atom. The molecule has 3 rings (SSSR count). The van der Waals surface area contributed by atoms with Crippen LogP contribution in [0.3, 0.4) is 0 Å². The molecule has 17 heavy (non-hydrogen) atoms. The molecule has 0 N–H and O–H groups in total. The van der Waals surface area contributed by atoms with Gasteiger partial charge >= 0.3 is 0 Å². The zero-order valence-electron chi connectivity index (χ0n) is 10.2. The van der Waals surface area contributed by atoms with E-state index in [-0.39, 0.29) is 11.2 Å². The first kappa shape index (κ1) is 10.5. The molecule has 1 aliphatic heterocycles. The minimum absolute atomic E-state index is 0.199. The number of benzene rings is 2. The monoisotopic (exact) mass is 224 g/mol. The second-order valence-corrected chi connectivity index (χ2v) is 4.90. The van der Waals surface area contributed by atoms with Crippen LogP contribution in [0.2, 0.25) is 0 Å². The first-order valence-corrected chi connectivity index (χ1v) is 5.98.